The van der Waals surface area contributed by atoms with E-state index < -0.39 is 4.92 Å². The summed E-state index contributed by atoms with van der Waals surface area (Å²) in [6.07, 6.45) is 1.99. The molecule has 0 saturated heterocycles. The lowest BCUT2D eigenvalue weighted by molar-refractivity contribution is -0.384. The van der Waals surface area contributed by atoms with Gasteiger partial charge in [0.2, 0.25) is 5.89 Å². The zero-order valence-electron chi connectivity index (χ0n) is 15.1. The number of fused-ring (bicyclic) bond motifs is 2. The highest BCUT2D eigenvalue weighted by Crippen LogP contribution is 2.34. The lowest BCUT2D eigenvalue weighted by Crippen LogP contribution is -2.22. The van der Waals surface area contributed by atoms with Gasteiger partial charge in [-0.1, -0.05) is 0 Å². The van der Waals surface area contributed by atoms with Crippen molar-refractivity contribution in [3.8, 4) is 5.75 Å². The van der Waals surface area contributed by atoms with Gasteiger partial charge in [0.1, 0.15) is 17.9 Å². The number of anilines is 1. The Morgan fingerprint density at radius 3 is 2.74 bits per heavy atom. The van der Waals surface area contributed by atoms with Crippen LogP contribution >= 0.6 is 0 Å². The number of nitro benzene ring substituents is 1. The number of hydrogen-bond acceptors (Lipinski definition) is 6. The monoisotopic (exact) mass is 365 g/mol. The molecule has 138 valence electrons. The summed E-state index contributed by atoms with van der Waals surface area (Å²) in [7, 11) is 0. The molecular weight excluding hydrogens is 346 g/mol. The molecule has 3 aromatic rings. The van der Waals surface area contributed by atoms with Crippen molar-refractivity contribution in [3.05, 3.63) is 58.0 Å². The number of hydrogen-bond donors (Lipinski definition) is 0. The van der Waals surface area contributed by atoms with Crippen molar-refractivity contribution >= 4 is 34.1 Å². The van der Waals surface area contributed by atoms with Crippen LogP contribution < -0.4 is 9.64 Å². The third-order valence-corrected chi connectivity index (χ3v) is 4.70. The van der Waals surface area contributed by atoms with Crippen molar-refractivity contribution in [2.45, 2.75) is 13.8 Å². The van der Waals surface area contributed by atoms with Crippen molar-refractivity contribution < 1.29 is 14.1 Å². The summed E-state index contributed by atoms with van der Waals surface area (Å²) >= 11 is 0. The van der Waals surface area contributed by atoms with Crippen molar-refractivity contribution in [1.82, 2.24) is 4.98 Å². The molecule has 1 aliphatic rings. The largest absolute Gasteiger partial charge is 0.488 e. The summed E-state index contributed by atoms with van der Waals surface area (Å²) in [5, 5.41) is 10.9. The number of aromatic nitrogens is 1. The lowest BCUT2D eigenvalue weighted by atomic mass is 10.1. The van der Waals surface area contributed by atoms with Gasteiger partial charge in [-0.2, -0.15) is 0 Å². The van der Waals surface area contributed by atoms with E-state index in [1.165, 1.54) is 12.1 Å². The topological polar surface area (TPSA) is 81.6 Å². The van der Waals surface area contributed by atoms with Gasteiger partial charge < -0.3 is 14.1 Å². The van der Waals surface area contributed by atoms with Gasteiger partial charge in [-0.05, 0) is 38.1 Å². The van der Waals surface area contributed by atoms with Gasteiger partial charge in [0.05, 0.1) is 10.5 Å². The highest BCUT2D eigenvalue weighted by molar-refractivity contribution is 5.86. The number of nitrogens with zero attached hydrogens (tertiary/aromatic N) is 3. The second kappa shape index (κ2) is 6.75. The maximum Gasteiger partial charge on any atom is 0.271 e. The third kappa shape index (κ3) is 3.12. The highest BCUT2D eigenvalue weighted by Gasteiger charge is 2.19. The van der Waals surface area contributed by atoms with E-state index in [1.54, 1.807) is 6.07 Å². The van der Waals surface area contributed by atoms with E-state index in [2.05, 4.69) is 29.8 Å². The van der Waals surface area contributed by atoms with E-state index in [4.69, 9.17) is 9.15 Å². The maximum absolute atomic E-state index is 10.9. The predicted octanol–water partition coefficient (Wildman–Crippen LogP) is 4.52. The van der Waals surface area contributed by atoms with Crippen molar-refractivity contribution in [2.75, 3.05) is 24.6 Å². The van der Waals surface area contributed by atoms with Gasteiger partial charge in [0, 0.05) is 42.5 Å². The van der Waals surface area contributed by atoms with Crippen molar-refractivity contribution in [2.24, 2.45) is 0 Å². The van der Waals surface area contributed by atoms with E-state index in [0.29, 0.717) is 23.6 Å². The van der Waals surface area contributed by atoms with Crippen LogP contribution in [0.5, 0.6) is 5.75 Å². The van der Waals surface area contributed by atoms with Crippen LogP contribution in [0.3, 0.4) is 0 Å². The van der Waals surface area contributed by atoms with Crippen LogP contribution in [0.1, 0.15) is 25.3 Å². The number of oxazole rings is 1. The van der Waals surface area contributed by atoms with Crippen LogP contribution in [0.15, 0.2) is 40.8 Å². The Morgan fingerprint density at radius 2 is 2.00 bits per heavy atom. The molecule has 2 heterocycles. The number of nitro groups is 1. The minimum absolute atomic E-state index is 0.00880. The quantitative estimate of drug-likeness (QED) is 0.488. The molecule has 27 heavy (non-hydrogen) atoms. The average Bonchev–Trinajstić information content (AvgIpc) is 3.11. The van der Waals surface area contributed by atoms with Gasteiger partial charge in [-0.3, -0.25) is 10.1 Å². The minimum atomic E-state index is -0.444. The molecule has 0 spiro atoms. The number of ether oxygens (including phenoxy) is 1. The lowest BCUT2D eigenvalue weighted by Gasteiger charge is -2.23. The van der Waals surface area contributed by atoms with E-state index in [1.807, 2.05) is 18.2 Å². The third-order valence-electron chi connectivity index (χ3n) is 4.70. The molecule has 0 aliphatic carbocycles. The van der Waals surface area contributed by atoms with Crippen LogP contribution in [-0.2, 0) is 0 Å². The SMILES string of the molecule is CCN(CC)c1ccc2c(c1)OCC(c1nc3cc([N+](=O)[O-])ccc3o1)=C2. The van der Waals surface area contributed by atoms with Gasteiger partial charge in [-0.25, -0.2) is 4.98 Å². The fraction of sp³-hybridized carbons (Fsp3) is 0.250. The standard InChI is InChI=1S/C20H19N3O4/c1-3-22(4-2)15-6-5-13-9-14(12-26-19(13)11-15)20-21-17-10-16(23(24)25)7-8-18(17)27-20/h5-11H,3-4,12H2,1-2H3. The Bertz CT molecular complexity index is 1050. The van der Waals surface area contributed by atoms with E-state index in [9.17, 15) is 10.1 Å². The van der Waals surface area contributed by atoms with Crippen LogP contribution in [0.25, 0.3) is 22.7 Å². The molecule has 0 atom stereocenters. The molecule has 4 rings (SSSR count). The minimum Gasteiger partial charge on any atom is -0.488 e. The van der Waals surface area contributed by atoms with Crippen molar-refractivity contribution in [1.29, 1.82) is 0 Å². The highest BCUT2D eigenvalue weighted by atomic mass is 16.6. The molecule has 7 heteroatoms. The zero-order chi connectivity index (χ0) is 19.0. The fourth-order valence-electron chi connectivity index (χ4n) is 3.23. The van der Waals surface area contributed by atoms with Gasteiger partial charge in [-0.15, -0.1) is 0 Å². The normalized spacial score (nSPS) is 13.0. The molecule has 0 bridgehead atoms. The summed E-state index contributed by atoms with van der Waals surface area (Å²) in [6.45, 7) is 6.46. The first-order valence-corrected chi connectivity index (χ1v) is 8.86. The van der Waals surface area contributed by atoms with Crippen LogP contribution in [0.2, 0.25) is 0 Å². The predicted molar refractivity (Wildman–Crippen MR) is 104 cm³/mol. The van der Waals surface area contributed by atoms with Crippen molar-refractivity contribution in [3.63, 3.8) is 0 Å². The summed E-state index contributed by atoms with van der Waals surface area (Å²) in [4.78, 5) is 17.1. The molecule has 0 unspecified atom stereocenters. The van der Waals surface area contributed by atoms with Crippen LogP contribution in [0.4, 0.5) is 11.4 Å². The van der Waals surface area contributed by atoms with Crippen LogP contribution in [-0.4, -0.2) is 29.6 Å². The second-order valence-electron chi connectivity index (χ2n) is 6.28. The van der Waals surface area contributed by atoms with Gasteiger partial charge in [0.25, 0.3) is 5.69 Å². The van der Waals surface area contributed by atoms with E-state index in [0.717, 1.165) is 35.7 Å². The van der Waals surface area contributed by atoms with E-state index in [-0.39, 0.29) is 5.69 Å². The summed E-state index contributed by atoms with van der Waals surface area (Å²) in [5.74, 6) is 1.25. The Labute approximate surface area is 156 Å². The first-order valence-electron chi connectivity index (χ1n) is 8.86. The number of non-ortho nitro benzene ring substituents is 1. The van der Waals surface area contributed by atoms with Gasteiger partial charge >= 0.3 is 0 Å². The Morgan fingerprint density at radius 1 is 1.19 bits per heavy atom. The molecule has 2 aromatic carbocycles. The molecule has 0 N–H and O–H groups in total. The first kappa shape index (κ1) is 17.1. The molecule has 1 aromatic heterocycles. The molecule has 0 saturated carbocycles. The second-order valence-corrected chi connectivity index (χ2v) is 6.28. The molecule has 0 radical (unpaired) electrons. The molecule has 0 amide bonds. The zero-order valence-corrected chi connectivity index (χ0v) is 15.1. The summed E-state index contributed by atoms with van der Waals surface area (Å²) in [6, 6.07) is 10.5. The van der Waals surface area contributed by atoms with Crippen LogP contribution in [0, 0.1) is 10.1 Å². The fourth-order valence-corrected chi connectivity index (χ4v) is 3.23. The first-order chi connectivity index (χ1) is 13.1. The summed E-state index contributed by atoms with van der Waals surface area (Å²) in [5.41, 5.74) is 3.86. The smallest absolute Gasteiger partial charge is 0.271 e. The average molecular weight is 365 g/mol. The Balaban J connectivity index is 1.68. The molecule has 0 fully saturated rings. The van der Waals surface area contributed by atoms with E-state index >= 15 is 0 Å². The maximum atomic E-state index is 10.9. The molecule has 7 nitrogen and oxygen atoms in total. The molecule has 1 aliphatic heterocycles. The van der Waals surface area contributed by atoms with Gasteiger partial charge in [0.15, 0.2) is 5.58 Å². The number of rotatable bonds is 5. The molecular formula is C20H19N3O4. The Kier molecular flexibility index (Phi) is 4.27. The number of benzene rings is 2. The Hall–Kier alpha value is -3.35. The summed E-state index contributed by atoms with van der Waals surface area (Å²) < 4.78 is 11.7.